The maximum atomic E-state index is 5.98. The minimum Gasteiger partial charge on any atom is -1.00 e. The SMILES string of the molecule is COc1cc(-n2nc(-c3ccccc3)n[n+]2-c2ccccc2)ccc1-c1ccc(-n2nc(-c3ccccc3)n[n+]2-c2ccccc2)cc1OC.[Cl-].[Cl-]. The molecule has 0 N–H and O–H groups in total. The quantitative estimate of drug-likeness (QED) is 0.201. The van der Waals surface area contributed by atoms with E-state index < -0.39 is 0 Å². The molecule has 0 aliphatic rings. The largest absolute Gasteiger partial charge is 1.00 e. The van der Waals surface area contributed by atoms with Crippen LogP contribution in [0.25, 0.3) is 56.7 Å². The van der Waals surface area contributed by atoms with Crippen molar-refractivity contribution in [2.24, 2.45) is 0 Å². The lowest BCUT2D eigenvalue weighted by Gasteiger charge is -2.14. The Hall–Kier alpha value is -6.36. The van der Waals surface area contributed by atoms with Crippen LogP contribution in [0.15, 0.2) is 158 Å². The number of nitrogens with zero attached hydrogens (tertiary/aromatic N) is 8. The van der Waals surface area contributed by atoms with Crippen LogP contribution in [0, 0.1) is 0 Å². The Labute approximate surface area is 312 Å². The van der Waals surface area contributed by atoms with Gasteiger partial charge in [0.05, 0.1) is 35.5 Å². The molecular formula is C40H32Cl2N8O2. The zero-order valence-corrected chi connectivity index (χ0v) is 29.7. The molecule has 2 aromatic heterocycles. The zero-order valence-electron chi connectivity index (χ0n) is 28.2. The van der Waals surface area contributed by atoms with E-state index in [4.69, 9.17) is 29.9 Å². The summed E-state index contributed by atoms with van der Waals surface area (Å²) < 4.78 is 12.0. The molecule has 0 saturated carbocycles. The van der Waals surface area contributed by atoms with Crippen LogP contribution in [0.1, 0.15) is 0 Å². The van der Waals surface area contributed by atoms with Crippen molar-refractivity contribution in [2.75, 3.05) is 14.2 Å². The Morgan fingerprint density at radius 1 is 0.442 bits per heavy atom. The Bertz CT molecular complexity index is 2240. The molecule has 2 heterocycles. The molecule has 0 spiro atoms. The molecule has 52 heavy (non-hydrogen) atoms. The Morgan fingerprint density at radius 3 is 1.13 bits per heavy atom. The fraction of sp³-hybridized carbons (Fsp3) is 0.0500. The van der Waals surface area contributed by atoms with E-state index in [1.54, 1.807) is 33.4 Å². The highest BCUT2D eigenvalue weighted by atomic mass is 35.5. The number of aromatic nitrogens is 8. The third kappa shape index (κ3) is 6.85. The molecule has 0 atom stereocenters. The van der Waals surface area contributed by atoms with Gasteiger partial charge >= 0.3 is 11.6 Å². The van der Waals surface area contributed by atoms with Crippen LogP contribution in [0.3, 0.4) is 0 Å². The first-order chi connectivity index (χ1) is 24.7. The summed E-state index contributed by atoms with van der Waals surface area (Å²) in [6.45, 7) is 0. The normalized spacial score (nSPS) is 10.6. The summed E-state index contributed by atoms with van der Waals surface area (Å²) in [5.41, 5.74) is 6.85. The minimum absolute atomic E-state index is 0. The van der Waals surface area contributed by atoms with Gasteiger partial charge in [-0.2, -0.15) is 0 Å². The fourth-order valence-electron chi connectivity index (χ4n) is 5.82. The molecule has 12 heteroatoms. The number of rotatable bonds is 9. The number of para-hydroxylation sites is 2. The molecule has 0 bridgehead atoms. The number of ether oxygens (including phenoxy) is 2. The summed E-state index contributed by atoms with van der Waals surface area (Å²) >= 11 is 0. The second kappa shape index (κ2) is 15.7. The van der Waals surface area contributed by atoms with Crippen molar-refractivity contribution >= 4 is 0 Å². The van der Waals surface area contributed by atoms with Gasteiger partial charge in [-0.25, -0.2) is 0 Å². The van der Waals surface area contributed by atoms with E-state index in [1.165, 1.54) is 0 Å². The van der Waals surface area contributed by atoms with Gasteiger partial charge in [-0.3, -0.25) is 0 Å². The lowest BCUT2D eigenvalue weighted by Crippen LogP contribution is -3.00. The first kappa shape index (κ1) is 35.5. The Balaban J connectivity index is 0.00000232. The summed E-state index contributed by atoms with van der Waals surface area (Å²) in [6.07, 6.45) is 0. The predicted octanol–water partition coefficient (Wildman–Crippen LogP) is 0.428. The molecule has 0 aliphatic carbocycles. The van der Waals surface area contributed by atoms with Crippen molar-refractivity contribution in [3.63, 3.8) is 0 Å². The van der Waals surface area contributed by atoms with Crippen LogP contribution < -0.4 is 43.9 Å². The number of benzene rings is 6. The monoisotopic (exact) mass is 726 g/mol. The van der Waals surface area contributed by atoms with Crippen LogP contribution >= 0.6 is 0 Å². The second-order valence-electron chi connectivity index (χ2n) is 11.4. The lowest BCUT2D eigenvalue weighted by atomic mass is 10.0. The third-order valence-electron chi connectivity index (χ3n) is 8.28. The molecule has 0 fully saturated rings. The van der Waals surface area contributed by atoms with E-state index in [1.807, 2.05) is 158 Å². The van der Waals surface area contributed by atoms with Crippen LogP contribution in [0.5, 0.6) is 11.5 Å². The van der Waals surface area contributed by atoms with Gasteiger partial charge < -0.3 is 34.3 Å². The van der Waals surface area contributed by atoms with Crippen LogP contribution in [0.4, 0.5) is 0 Å². The molecule has 8 aromatic rings. The first-order valence-electron chi connectivity index (χ1n) is 16.1. The van der Waals surface area contributed by atoms with Gasteiger partial charge in [-0.05, 0) is 92.6 Å². The molecule has 10 nitrogen and oxygen atoms in total. The maximum absolute atomic E-state index is 5.98. The highest BCUT2D eigenvalue weighted by molar-refractivity contribution is 5.78. The lowest BCUT2D eigenvalue weighted by molar-refractivity contribution is -0.734. The topological polar surface area (TPSA) is 87.6 Å². The van der Waals surface area contributed by atoms with E-state index in [0.29, 0.717) is 23.1 Å². The summed E-state index contributed by atoms with van der Waals surface area (Å²) in [7, 11) is 3.32. The third-order valence-corrected chi connectivity index (χ3v) is 8.28. The summed E-state index contributed by atoms with van der Waals surface area (Å²) in [5, 5.41) is 19.6. The predicted molar refractivity (Wildman–Crippen MR) is 189 cm³/mol. The van der Waals surface area contributed by atoms with Crippen molar-refractivity contribution < 1.29 is 43.9 Å². The smallest absolute Gasteiger partial charge is 0.340 e. The van der Waals surface area contributed by atoms with E-state index in [2.05, 4.69) is 0 Å². The molecule has 0 saturated heterocycles. The van der Waals surface area contributed by atoms with Crippen molar-refractivity contribution in [3.8, 4) is 68.2 Å². The average molecular weight is 728 g/mol. The molecule has 0 amide bonds. The van der Waals surface area contributed by atoms with E-state index in [-0.39, 0.29) is 24.8 Å². The van der Waals surface area contributed by atoms with E-state index in [9.17, 15) is 0 Å². The standard InChI is InChI=1S/C40H32N8O2.2ClH/c1-49-37-27-33(47-43-39(29-15-7-3-8-16-29)41-45(47)31-19-11-5-12-20-31)23-25-35(37)36-26-24-34(28-38(36)50-2)48-44-40(30-17-9-4-10-18-30)42-46(48)32-21-13-6-14-22-32;;/h3-28H,1-2H3;2*1H/q+2;;/p-2. The Morgan fingerprint density at radius 2 is 0.788 bits per heavy atom. The molecular weight excluding hydrogens is 695 g/mol. The summed E-state index contributed by atoms with van der Waals surface area (Å²) in [6, 6.07) is 51.7. The highest BCUT2D eigenvalue weighted by Gasteiger charge is 2.27. The number of hydrogen-bond donors (Lipinski definition) is 0. The molecule has 0 radical (unpaired) electrons. The molecule has 0 aliphatic heterocycles. The van der Waals surface area contributed by atoms with Gasteiger partial charge in [-0.15, -0.1) is 0 Å². The molecule has 6 aromatic carbocycles. The van der Waals surface area contributed by atoms with Crippen molar-refractivity contribution in [1.29, 1.82) is 0 Å². The van der Waals surface area contributed by atoms with Gasteiger partial charge in [0, 0.05) is 32.9 Å². The number of hydrogen-bond acceptors (Lipinski definition) is 6. The molecule has 8 rings (SSSR count). The van der Waals surface area contributed by atoms with Gasteiger partial charge in [-0.1, -0.05) is 72.8 Å². The maximum Gasteiger partial charge on any atom is 0.340 e. The number of methoxy groups -OCH3 is 2. The zero-order chi connectivity index (χ0) is 33.9. The fourth-order valence-corrected chi connectivity index (χ4v) is 5.82. The molecule has 258 valence electrons. The van der Waals surface area contributed by atoms with Crippen LogP contribution in [-0.4, -0.2) is 44.2 Å². The van der Waals surface area contributed by atoms with Gasteiger partial charge in [0.25, 0.3) is 0 Å². The number of tetrazole rings is 2. The van der Waals surface area contributed by atoms with E-state index in [0.717, 1.165) is 45.0 Å². The van der Waals surface area contributed by atoms with Crippen LogP contribution in [0.2, 0.25) is 0 Å². The molecule has 0 unspecified atom stereocenters. The van der Waals surface area contributed by atoms with Crippen molar-refractivity contribution in [2.45, 2.75) is 0 Å². The number of halogens is 2. The summed E-state index contributed by atoms with van der Waals surface area (Å²) in [5.74, 6) is 2.50. The van der Waals surface area contributed by atoms with Crippen molar-refractivity contribution in [3.05, 3.63) is 158 Å². The van der Waals surface area contributed by atoms with E-state index >= 15 is 0 Å². The van der Waals surface area contributed by atoms with Crippen LogP contribution in [-0.2, 0) is 0 Å². The van der Waals surface area contributed by atoms with Crippen molar-refractivity contribution in [1.82, 2.24) is 30.0 Å². The van der Waals surface area contributed by atoms with Gasteiger partial charge in [0.2, 0.25) is 0 Å². The van der Waals surface area contributed by atoms with Gasteiger partial charge in [0.1, 0.15) is 22.9 Å². The minimum atomic E-state index is 0. The first-order valence-corrected chi connectivity index (χ1v) is 16.1. The highest BCUT2D eigenvalue weighted by Crippen LogP contribution is 2.38. The average Bonchev–Trinajstić information content (AvgIpc) is 3.85. The second-order valence-corrected chi connectivity index (χ2v) is 11.4. The summed E-state index contributed by atoms with van der Waals surface area (Å²) in [4.78, 5) is 7.13. The Kier molecular flexibility index (Phi) is 10.7. The van der Waals surface area contributed by atoms with Gasteiger partial charge in [0.15, 0.2) is 11.4 Å².